The molecule has 1 saturated carbocycles. The smallest absolute Gasteiger partial charge is 0.164 e. The van der Waals surface area contributed by atoms with Gasteiger partial charge in [-0.25, -0.2) is 0 Å². The third-order valence-electron chi connectivity index (χ3n) is 3.99. The lowest BCUT2D eigenvalue weighted by atomic mass is 9.85. The highest BCUT2D eigenvalue weighted by molar-refractivity contribution is 9.10. The van der Waals surface area contributed by atoms with Crippen molar-refractivity contribution in [1.82, 2.24) is 4.90 Å². The lowest BCUT2D eigenvalue weighted by Crippen LogP contribution is -2.34. The normalized spacial score (nSPS) is 15.5. The van der Waals surface area contributed by atoms with Gasteiger partial charge in [0.25, 0.3) is 0 Å². The zero-order valence-corrected chi connectivity index (χ0v) is 13.2. The summed E-state index contributed by atoms with van der Waals surface area (Å²) in [4.78, 5) is 14.6. The molecule has 1 aromatic carbocycles. The molecule has 0 amide bonds. The molecular weight excluding hydrogens is 302 g/mol. The zero-order valence-electron chi connectivity index (χ0n) is 11.6. The van der Waals surface area contributed by atoms with E-state index in [-0.39, 0.29) is 5.78 Å². The summed E-state index contributed by atoms with van der Waals surface area (Å²) < 4.78 is 0.972. The van der Waals surface area contributed by atoms with Crippen molar-refractivity contribution in [3.63, 3.8) is 0 Å². The fourth-order valence-corrected chi connectivity index (χ4v) is 2.88. The molecule has 0 spiro atoms. The van der Waals surface area contributed by atoms with Crippen molar-refractivity contribution in [3.05, 3.63) is 34.3 Å². The maximum atomic E-state index is 12.1. The van der Waals surface area contributed by atoms with Crippen molar-refractivity contribution in [2.75, 3.05) is 19.6 Å². The summed E-state index contributed by atoms with van der Waals surface area (Å²) in [6, 6.07) is 7.68. The highest BCUT2D eigenvalue weighted by Gasteiger charge is 2.20. The molecule has 1 aliphatic rings. The standard InChI is InChI=1S/C16H22BrNO/c1-2-18(12-13-5-3-6-13)10-9-16(19)14-7-4-8-15(17)11-14/h4,7-8,11,13H,2-3,5-6,9-10,12H2,1H3. The number of Topliss-reactive ketones (excluding diaryl/α,β-unsaturated/α-hetero) is 1. The second-order valence-corrected chi connectivity index (χ2v) is 6.29. The number of nitrogens with zero attached hydrogens (tertiary/aromatic N) is 1. The molecule has 0 saturated heterocycles. The van der Waals surface area contributed by atoms with E-state index in [1.54, 1.807) is 0 Å². The van der Waals surface area contributed by atoms with Crippen LogP contribution in [-0.2, 0) is 0 Å². The maximum Gasteiger partial charge on any atom is 0.164 e. The van der Waals surface area contributed by atoms with Crippen LogP contribution in [0.4, 0.5) is 0 Å². The SMILES string of the molecule is CCN(CCC(=O)c1cccc(Br)c1)CC1CCC1. The lowest BCUT2D eigenvalue weighted by molar-refractivity contribution is 0.0954. The molecule has 0 aliphatic heterocycles. The van der Waals surface area contributed by atoms with E-state index in [1.807, 2.05) is 24.3 Å². The van der Waals surface area contributed by atoms with E-state index in [4.69, 9.17) is 0 Å². The van der Waals surface area contributed by atoms with Gasteiger partial charge in [-0.1, -0.05) is 41.4 Å². The van der Waals surface area contributed by atoms with Gasteiger partial charge in [-0.3, -0.25) is 4.79 Å². The number of carbonyl (C=O) groups excluding carboxylic acids is 1. The van der Waals surface area contributed by atoms with Crippen LogP contribution in [-0.4, -0.2) is 30.3 Å². The largest absolute Gasteiger partial charge is 0.303 e. The van der Waals surface area contributed by atoms with Gasteiger partial charge in [0.05, 0.1) is 0 Å². The monoisotopic (exact) mass is 323 g/mol. The van der Waals surface area contributed by atoms with Crippen molar-refractivity contribution < 1.29 is 4.79 Å². The van der Waals surface area contributed by atoms with Crippen molar-refractivity contribution >= 4 is 21.7 Å². The third kappa shape index (κ3) is 4.43. The van der Waals surface area contributed by atoms with Gasteiger partial charge in [0, 0.05) is 29.5 Å². The summed E-state index contributed by atoms with van der Waals surface area (Å²) >= 11 is 3.41. The van der Waals surface area contributed by atoms with Crippen LogP contribution in [0.25, 0.3) is 0 Å². The predicted molar refractivity (Wildman–Crippen MR) is 82.5 cm³/mol. The number of benzene rings is 1. The molecule has 0 heterocycles. The number of hydrogen-bond donors (Lipinski definition) is 0. The molecule has 0 unspecified atom stereocenters. The van der Waals surface area contributed by atoms with Crippen LogP contribution in [0.3, 0.4) is 0 Å². The average Bonchev–Trinajstić information content (AvgIpc) is 2.36. The maximum absolute atomic E-state index is 12.1. The van der Waals surface area contributed by atoms with Crippen molar-refractivity contribution in [2.24, 2.45) is 5.92 Å². The van der Waals surface area contributed by atoms with Gasteiger partial charge in [-0.2, -0.15) is 0 Å². The van der Waals surface area contributed by atoms with E-state index in [0.717, 1.165) is 29.0 Å². The molecule has 19 heavy (non-hydrogen) atoms. The molecule has 104 valence electrons. The Morgan fingerprint density at radius 2 is 2.21 bits per heavy atom. The number of rotatable bonds is 7. The van der Waals surface area contributed by atoms with Crippen LogP contribution in [0, 0.1) is 5.92 Å². The van der Waals surface area contributed by atoms with Crippen LogP contribution in [0.1, 0.15) is 43.0 Å². The van der Waals surface area contributed by atoms with Crippen LogP contribution in [0.5, 0.6) is 0 Å². The van der Waals surface area contributed by atoms with E-state index in [2.05, 4.69) is 27.8 Å². The van der Waals surface area contributed by atoms with Gasteiger partial charge in [-0.15, -0.1) is 0 Å². The van der Waals surface area contributed by atoms with E-state index in [0.29, 0.717) is 6.42 Å². The van der Waals surface area contributed by atoms with Crippen LogP contribution >= 0.6 is 15.9 Å². The van der Waals surface area contributed by atoms with Crippen molar-refractivity contribution in [3.8, 4) is 0 Å². The number of halogens is 1. The Morgan fingerprint density at radius 1 is 1.42 bits per heavy atom. The second kappa shape index (κ2) is 7.20. The van der Waals surface area contributed by atoms with E-state index >= 15 is 0 Å². The molecular formula is C16H22BrNO. The molecule has 2 rings (SSSR count). The first-order valence-corrected chi connectivity index (χ1v) is 7.99. The highest BCUT2D eigenvalue weighted by Crippen LogP contribution is 2.27. The second-order valence-electron chi connectivity index (χ2n) is 5.37. The fourth-order valence-electron chi connectivity index (χ4n) is 2.48. The van der Waals surface area contributed by atoms with Gasteiger partial charge in [0.2, 0.25) is 0 Å². The van der Waals surface area contributed by atoms with Gasteiger partial charge in [0.1, 0.15) is 0 Å². The topological polar surface area (TPSA) is 20.3 Å². The van der Waals surface area contributed by atoms with Crippen LogP contribution in [0.2, 0.25) is 0 Å². The molecule has 0 aromatic heterocycles. The molecule has 1 fully saturated rings. The highest BCUT2D eigenvalue weighted by atomic mass is 79.9. The predicted octanol–water partition coefficient (Wildman–Crippen LogP) is 4.14. The Balaban J connectivity index is 1.81. The Hall–Kier alpha value is -0.670. The minimum Gasteiger partial charge on any atom is -0.303 e. The minimum atomic E-state index is 0.244. The van der Waals surface area contributed by atoms with Crippen molar-refractivity contribution in [1.29, 1.82) is 0 Å². The fraction of sp³-hybridized carbons (Fsp3) is 0.562. The third-order valence-corrected chi connectivity index (χ3v) is 4.48. The molecule has 0 bridgehead atoms. The molecule has 1 aromatic rings. The van der Waals surface area contributed by atoms with E-state index in [9.17, 15) is 4.79 Å². The Morgan fingerprint density at radius 3 is 2.79 bits per heavy atom. The summed E-state index contributed by atoms with van der Waals surface area (Å²) in [6.45, 7) is 5.28. The first-order valence-electron chi connectivity index (χ1n) is 7.20. The number of carbonyl (C=O) groups is 1. The van der Waals surface area contributed by atoms with Crippen LogP contribution in [0.15, 0.2) is 28.7 Å². The molecule has 0 atom stereocenters. The molecule has 2 nitrogen and oxygen atoms in total. The summed E-state index contributed by atoms with van der Waals surface area (Å²) in [5.41, 5.74) is 0.814. The molecule has 1 aliphatic carbocycles. The van der Waals surface area contributed by atoms with Crippen LogP contribution < -0.4 is 0 Å². The summed E-state index contributed by atoms with van der Waals surface area (Å²) in [5, 5.41) is 0. The first kappa shape index (κ1) is 14.7. The summed E-state index contributed by atoms with van der Waals surface area (Å²) in [6.07, 6.45) is 4.75. The first-order chi connectivity index (χ1) is 9.19. The van der Waals surface area contributed by atoms with Gasteiger partial charge < -0.3 is 4.90 Å². The lowest BCUT2D eigenvalue weighted by Gasteiger charge is -2.31. The van der Waals surface area contributed by atoms with Gasteiger partial charge >= 0.3 is 0 Å². The molecule has 0 radical (unpaired) electrons. The van der Waals surface area contributed by atoms with Gasteiger partial charge in [-0.05, 0) is 37.4 Å². The molecule has 0 N–H and O–H groups in total. The van der Waals surface area contributed by atoms with E-state index in [1.165, 1.54) is 25.8 Å². The zero-order chi connectivity index (χ0) is 13.7. The summed E-state index contributed by atoms with van der Waals surface area (Å²) in [7, 11) is 0. The Labute approximate surface area is 124 Å². The average molecular weight is 324 g/mol. The van der Waals surface area contributed by atoms with E-state index < -0.39 is 0 Å². The Bertz CT molecular complexity index is 429. The number of ketones is 1. The quantitative estimate of drug-likeness (QED) is 0.703. The minimum absolute atomic E-state index is 0.244. The van der Waals surface area contributed by atoms with Gasteiger partial charge in [0.15, 0.2) is 5.78 Å². The molecule has 3 heteroatoms. The number of hydrogen-bond acceptors (Lipinski definition) is 2. The van der Waals surface area contributed by atoms with Crippen molar-refractivity contribution in [2.45, 2.75) is 32.6 Å². The summed E-state index contributed by atoms with van der Waals surface area (Å²) in [5.74, 6) is 1.12. The Kier molecular flexibility index (Phi) is 5.59.